The van der Waals surface area contributed by atoms with E-state index in [1.807, 2.05) is 0 Å². The molecule has 84 valence electrons. The van der Waals surface area contributed by atoms with Crippen molar-refractivity contribution in [3.63, 3.8) is 0 Å². The molecule has 4 nitrogen and oxygen atoms in total. The van der Waals surface area contributed by atoms with Crippen molar-refractivity contribution >= 4 is 29.8 Å². The van der Waals surface area contributed by atoms with Gasteiger partial charge in [-0.25, -0.2) is 9.97 Å². The Kier molecular flexibility index (Phi) is 5.08. The van der Waals surface area contributed by atoms with E-state index in [-0.39, 0.29) is 12.4 Å². The molecule has 0 amide bonds. The highest BCUT2D eigenvalue weighted by atomic mass is 35.5. The van der Waals surface area contributed by atoms with Crippen LogP contribution in [0, 0.1) is 0 Å². The summed E-state index contributed by atoms with van der Waals surface area (Å²) in [5.41, 5.74) is 0. The first kappa shape index (κ1) is 12.5. The van der Waals surface area contributed by atoms with Gasteiger partial charge in [0.05, 0.1) is 0 Å². The number of halogens is 2. The topological polar surface area (TPSA) is 49.8 Å². The number of hydrogen-bond donors (Lipinski definition) is 2. The van der Waals surface area contributed by atoms with Crippen molar-refractivity contribution in [3.8, 4) is 0 Å². The van der Waals surface area contributed by atoms with Crippen molar-refractivity contribution in [2.24, 2.45) is 0 Å². The fourth-order valence-corrected chi connectivity index (χ4v) is 1.74. The maximum atomic E-state index is 5.73. The highest BCUT2D eigenvalue weighted by Gasteiger charge is 2.13. The highest BCUT2D eigenvalue weighted by Crippen LogP contribution is 2.10. The molecule has 6 heteroatoms. The standard InChI is InChI=1S/C9H13ClN4.ClH/c10-8-4-9(14-6-13-8)12-5-7-2-1-3-11-7;/h4,6-7,11H,1-3,5H2,(H,12,13,14);1H. The Morgan fingerprint density at radius 1 is 1.53 bits per heavy atom. The van der Waals surface area contributed by atoms with E-state index in [9.17, 15) is 0 Å². The summed E-state index contributed by atoms with van der Waals surface area (Å²) in [5.74, 6) is 0.790. The number of rotatable bonds is 3. The summed E-state index contributed by atoms with van der Waals surface area (Å²) in [7, 11) is 0. The molecule has 2 rings (SSSR count). The molecule has 0 aliphatic carbocycles. The van der Waals surface area contributed by atoms with Crippen LogP contribution in [0.4, 0.5) is 5.82 Å². The summed E-state index contributed by atoms with van der Waals surface area (Å²) in [6.07, 6.45) is 3.95. The Morgan fingerprint density at radius 2 is 2.40 bits per heavy atom. The molecular formula is C9H14Cl2N4. The van der Waals surface area contributed by atoms with Crippen LogP contribution >= 0.6 is 24.0 Å². The highest BCUT2D eigenvalue weighted by molar-refractivity contribution is 6.29. The summed E-state index contributed by atoms with van der Waals surface area (Å²) in [6, 6.07) is 2.29. The van der Waals surface area contributed by atoms with Crippen molar-refractivity contribution in [2.45, 2.75) is 18.9 Å². The number of nitrogens with one attached hydrogen (secondary N) is 2. The first-order valence-corrected chi connectivity index (χ1v) is 5.17. The predicted molar refractivity (Wildman–Crippen MR) is 63.8 cm³/mol. The maximum absolute atomic E-state index is 5.73. The third kappa shape index (κ3) is 3.81. The predicted octanol–water partition coefficient (Wildman–Crippen LogP) is 1.72. The average molecular weight is 249 g/mol. The third-order valence-electron chi connectivity index (χ3n) is 2.33. The van der Waals surface area contributed by atoms with Crippen LogP contribution in [0.2, 0.25) is 5.15 Å². The molecule has 2 heterocycles. The van der Waals surface area contributed by atoms with Gasteiger partial charge in [0.1, 0.15) is 17.3 Å². The van der Waals surface area contributed by atoms with Crippen LogP contribution in [0.1, 0.15) is 12.8 Å². The molecular weight excluding hydrogens is 235 g/mol. The molecule has 1 fully saturated rings. The first-order chi connectivity index (χ1) is 6.84. The lowest BCUT2D eigenvalue weighted by atomic mass is 10.2. The normalized spacial score (nSPS) is 19.7. The summed E-state index contributed by atoms with van der Waals surface area (Å²) in [5, 5.41) is 7.11. The van der Waals surface area contributed by atoms with Gasteiger partial charge in [0, 0.05) is 18.7 Å². The van der Waals surface area contributed by atoms with Gasteiger partial charge in [-0.2, -0.15) is 0 Å². The minimum atomic E-state index is 0. The second kappa shape index (κ2) is 6.10. The van der Waals surface area contributed by atoms with Gasteiger partial charge in [-0.05, 0) is 19.4 Å². The number of nitrogens with zero attached hydrogens (tertiary/aromatic N) is 2. The monoisotopic (exact) mass is 248 g/mol. The van der Waals surface area contributed by atoms with E-state index in [1.165, 1.54) is 19.2 Å². The number of hydrogen-bond acceptors (Lipinski definition) is 4. The molecule has 1 aliphatic heterocycles. The minimum Gasteiger partial charge on any atom is -0.368 e. The summed E-state index contributed by atoms with van der Waals surface area (Å²) >= 11 is 5.73. The molecule has 1 atom stereocenters. The van der Waals surface area contributed by atoms with E-state index in [1.54, 1.807) is 6.07 Å². The van der Waals surface area contributed by atoms with Crippen molar-refractivity contribution in [2.75, 3.05) is 18.4 Å². The van der Waals surface area contributed by atoms with Gasteiger partial charge in [-0.3, -0.25) is 0 Å². The molecule has 1 aromatic heterocycles. The molecule has 1 unspecified atom stereocenters. The van der Waals surface area contributed by atoms with Crippen LogP contribution < -0.4 is 10.6 Å². The summed E-state index contributed by atoms with van der Waals surface area (Å²) < 4.78 is 0. The van der Waals surface area contributed by atoms with Crippen LogP contribution in [0.25, 0.3) is 0 Å². The van der Waals surface area contributed by atoms with Gasteiger partial charge < -0.3 is 10.6 Å². The zero-order valence-corrected chi connectivity index (χ0v) is 9.81. The molecule has 0 bridgehead atoms. The lowest BCUT2D eigenvalue weighted by molar-refractivity contribution is 0.632. The second-order valence-corrected chi connectivity index (χ2v) is 3.79. The molecule has 0 radical (unpaired) electrons. The van der Waals surface area contributed by atoms with E-state index in [0.717, 1.165) is 18.9 Å². The summed E-state index contributed by atoms with van der Waals surface area (Å²) in [4.78, 5) is 7.88. The van der Waals surface area contributed by atoms with Crippen molar-refractivity contribution in [3.05, 3.63) is 17.5 Å². The summed E-state index contributed by atoms with van der Waals surface area (Å²) in [6.45, 7) is 2.02. The van der Waals surface area contributed by atoms with Crippen molar-refractivity contribution in [1.29, 1.82) is 0 Å². The fraction of sp³-hybridized carbons (Fsp3) is 0.556. The van der Waals surface area contributed by atoms with Gasteiger partial charge in [-0.15, -0.1) is 12.4 Å². The SMILES string of the molecule is Cl.Clc1cc(NCC2CCCN2)ncn1. The Morgan fingerprint density at radius 3 is 3.07 bits per heavy atom. The van der Waals surface area contributed by atoms with Crippen LogP contribution in [0.5, 0.6) is 0 Å². The minimum absolute atomic E-state index is 0. The molecule has 1 aliphatic rings. The molecule has 0 spiro atoms. The second-order valence-electron chi connectivity index (χ2n) is 3.40. The van der Waals surface area contributed by atoms with E-state index in [0.29, 0.717) is 11.2 Å². The Bertz CT molecular complexity index is 302. The van der Waals surface area contributed by atoms with Crippen LogP contribution in [-0.4, -0.2) is 29.1 Å². The molecule has 0 saturated carbocycles. The maximum Gasteiger partial charge on any atom is 0.134 e. The van der Waals surface area contributed by atoms with E-state index in [4.69, 9.17) is 11.6 Å². The van der Waals surface area contributed by atoms with Crippen molar-refractivity contribution < 1.29 is 0 Å². The lowest BCUT2D eigenvalue weighted by Gasteiger charge is -2.11. The average Bonchev–Trinajstić information content (AvgIpc) is 2.67. The molecule has 2 N–H and O–H groups in total. The van der Waals surface area contributed by atoms with E-state index >= 15 is 0 Å². The molecule has 1 saturated heterocycles. The largest absolute Gasteiger partial charge is 0.368 e. The van der Waals surface area contributed by atoms with Gasteiger partial charge in [0.2, 0.25) is 0 Å². The number of anilines is 1. The quantitative estimate of drug-likeness (QED) is 0.801. The van der Waals surface area contributed by atoms with Gasteiger partial charge >= 0.3 is 0 Å². The van der Waals surface area contributed by atoms with Crippen LogP contribution in [0.15, 0.2) is 12.4 Å². The van der Waals surface area contributed by atoms with Crippen LogP contribution in [0.3, 0.4) is 0 Å². The zero-order chi connectivity index (χ0) is 9.80. The fourth-order valence-electron chi connectivity index (χ4n) is 1.59. The van der Waals surface area contributed by atoms with E-state index < -0.39 is 0 Å². The third-order valence-corrected chi connectivity index (χ3v) is 2.53. The van der Waals surface area contributed by atoms with Crippen molar-refractivity contribution in [1.82, 2.24) is 15.3 Å². The lowest BCUT2D eigenvalue weighted by Crippen LogP contribution is -2.29. The smallest absolute Gasteiger partial charge is 0.134 e. The van der Waals surface area contributed by atoms with E-state index in [2.05, 4.69) is 20.6 Å². The Labute approximate surface area is 100 Å². The Balaban J connectivity index is 0.00000112. The molecule has 1 aromatic rings. The zero-order valence-electron chi connectivity index (χ0n) is 8.24. The van der Waals surface area contributed by atoms with Gasteiger partial charge in [0.25, 0.3) is 0 Å². The number of aromatic nitrogens is 2. The van der Waals surface area contributed by atoms with Crippen LogP contribution in [-0.2, 0) is 0 Å². The van der Waals surface area contributed by atoms with Gasteiger partial charge in [0.15, 0.2) is 0 Å². The molecule has 15 heavy (non-hydrogen) atoms. The Hall–Kier alpha value is -0.580. The first-order valence-electron chi connectivity index (χ1n) is 4.79. The van der Waals surface area contributed by atoms with Gasteiger partial charge in [-0.1, -0.05) is 11.6 Å². The molecule has 0 aromatic carbocycles.